The minimum Gasteiger partial charge on any atom is -0.399 e. The number of nitrogen functional groups attached to an aromatic ring is 2. The summed E-state index contributed by atoms with van der Waals surface area (Å²) in [6.45, 7) is 9.04. The van der Waals surface area contributed by atoms with Crippen molar-refractivity contribution in [2.45, 2.75) is 52.6 Å². The van der Waals surface area contributed by atoms with E-state index in [1.54, 1.807) is 0 Å². The van der Waals surface area contributed by atoms with E-state index in [0.29, 0.717) is 13.1 Å². The fourth-order valence-electron chi connectivity index (χ4n) is 5.16. The molecule has 2 atom stereocenters. The molecule has 0 amide bonds. The molecule has 1 aliphatic heterocycles. The van der Waals surface area contributed by atoms with Crippen LogP contribution in [0.2, 0.25) is 0 Å². The standard InChI is InChI=1S/C36H40N8/c1-23-33-7-5-9-35(43-33)25(3)42-32(20-28-13-17-30(38)18-14-28)22-40-24(2)34-8-6-10-36(44-34)26(4)41-31(21-39-23)19-27-11-15-29(37)16-12-27/h5-18,31-32H,19-22,37-38H2,1-4H3/b39-23+,40-24+,41-26+,42-25+/t31-,32-/m0/s1. The molecule has 0 aliphatic carbocycles. The number of fused-ring (bicyclic) bond motifs is 4. The molecule has 2 aromatic carbocycles. The molecule has 2 aromatic heterocycles. The van der Waals surface area contributed by atoms with E-state index in [0.717, 1.165) is 81.0 Å². The van der Waals surface area contributed by atoms with Gasteiger partial charge < -0.3 is 11.5 Å². The Morgan fingerprint density at radius 3 is 1.20 bits per heavy atom. The zero-order valence-corrected chi connectivity index (χ0v) is 25.9. The van der Waals surface area contributed by atoms with Crippen LogP contribution in [0.15, 0.2) is 105 Å². The van der Waals surface area contributed by atoms with Crippen LogP contribution in [0.1, 0.15) is 61.6 Å². The molecule has 44 heavy (non-hydrogen) atoms. The highest BCUT2D eigenvalue weighted by Crippen LogP contribution is 2.15. The Hall–Kier alpha value is -4.98. The van der Waals surface area contributed by atoms with Gasteiger partial charge >= 0.3 is 0 Å². The van der Waals surface area contributed by atoms with Crippen molar-refractivity contribution in [3.63, 3.8) is 0 Å². The number of aliphatic imine (C=N–C) groups is 4. The summed E-state index contributed by atoms with van der Waals surface area (Å²) in [5, 5.41) is 0. The van der Waals surface area contributed by atoms with Gasteiger partial charge in [0.15, 0.2) is 0 Å². The van der Waals surface area contributed by atoms with Crippen LogP contribution in [0.5, 0.6) is 0 Å². The van der Waals surface area contributed by atoms with Gasteiger partial charge in [0.05, 0.1) is 70.8 Å². The molecule has 4 aromatic rings. The monoisotopic (exact) mass is 584 g/mol. The Kier molecular flexibility index (Phi) is 9.69. The van der Waals surface area contributed by atoms with Gasteiger partial charge in [0, 0.05) is 11.4 Å². The van der Waals surface area contributed by atoms with Gasteiger partial charge in [-0.15, -0.1) is 0 Å². The lowest BCUT2D eigenvalue weighted by Gasteiger charge is -2.15. The molecule has 8 nitrogen and oxygen atoms in total. The number of nitrogens with zero attached hydrogens (tertiary/aromatic N) is 6. The maximum atomic E-state index is 5.93. The van der Waals surface area contributed by atoms with Gasteiger partial charge in [0.25, 0.3) is 0 Å². The number of aromatic nitrogens is 2. The molecule has 0 spiro atoms. The van der Waals surface area contributed by atoms with E-state index in [2.05, 4.69) is 24.3 Å². The summed E-state index contributed by atoms with van der Waals surface area (Å²) < 4.78 is 0. The quantitative estimate of drug-likeness (QED) is 0.293. The predicted molar refractivity (Wildman–Crippen MR) is 184 cm³/mol. The average Bonchev–Trinajstić information content (AvgIpc) is 3.04. The van der Waals surface area contributed by atoms with Gasteiger partial charge in [-0.25, -0.2) is 9.97 Å². The maximum absolute atomic E-state index is 5.93. The highest BCUT2D eigenvalue weighted by molar-refractivity contribution is 6.02. The Balaban J connectivity index is 1.55. The van der Waals surface area contributed by atoms with Gasteiger partial charge in [-0.2, -0.15) is 0 Å². The van der Waals surface area contributed by atoms with E-state index in [4.69, 9.17) is 41.4 Å². The molecule has 0 unspecified atom stereocenters. The number of pyridine rings is 2. The summed E-state index contributed by atoms with van der Waals surface area (Å²) in [5.74, 6) is 0. The average molecular weight is 585 g/mol. The van der Waals surface area contributed by atoms with Crippen LogP contribution in [0.3, 0.4) is 0 Å². The third kappa shape index (κ3) is 8.10. The van der Waals surface area contributed by atoms with Gasteiger partial charge in [0.2, 0.25) is 0 Å². The van der Waals surface area contributed by atoms with Crippen LogP contribution in [0, 0.1) is 0 Å². The summed E-state index contributed by atoms with van der Waals surface area (Å²) in [5.41, 5.74) is 22.4. The molecular weight excluding hydrogens is 544 g/mol. The second-order valence-electron chi connectivity index (χ2n) is 11.3. The molecule has 5 rings (SSSR count). The lowest BCUT2D eigenvalue weighted by Crippen LogP contribution is -2.19. The van der Waals surface area contributed by atoms with E-state index in [1.807, 2.05) is 88.4 Å². The number of anilines is 2. The predicted octanol–water partition coefficient (Wildman–Crippen LogP) is 5.81. The van der Waals surface area contributed by atoms with Crippen molar-refractivity contribution < 1.29 is 0 Å². The van der Waals surface area contributed by atoms with Crippen LogP contribution in [-0.2, 0) is 12.8 Å². The number of hydrogen-bond donors (Lipinski definition) is 2. The van der Waals surface area contributed by atoms with Crippen molar-refractivity contribution in [1.29, 1.82) is 0 Å². The zero-order valence-electron chi connectivity index (χ0n) is 25.9. The van der Waals surface area contributed by atoms with Crippen molar-refractivity contribution >= 4 is 34.2 Å². The van der Waals surface area contributed by atoms with E-state index in [9.17, 15) is 0 Å². The molecule has 8 heteroatoms. The minimum absolute atomic E-state index is 0.0896. The number of nitrogens with two attached hydrogens (primary N) is 2. The second-order valence-corrected chi connectivity index (χ2v) is 11.3. The Bertz CT molecular complexity index is 1590. The van der Waals surface area contributed by atoms with Crippen LogP contribution in [0.25, 0.3) is 0 Å². The highest BCUT2D eigenvalue weighted by atomic mass is 14.9. The van der Waals surface area contributed by atoms with Crippen molar-refractivity contribution in [1.82, 2.24) is 9.97 Å². The first-order valence-corrected chi connectivity index (χ1v) is 15.0. The number of benzene rings is 2. The normalized spacial score (nSPS) is 22.5. The van der Waals surface area contributed by atoms with E-state index < -0.39 is 0 Å². The maximum Gasteiger partial charge on any atom is 0.0845 e. The molecule has 4 bridgehead atoms. The number of rotatable bonds is 4. The lowest BCUT2D eigenvalue weighted by atomic mass is 10.0. The molecule has 0 radical (unpaired) electrons. The molecule has 0 saturated heterocycles. The Morgan fingerprint density at radius 1 is 0.500 bits per heavy atom. The zero-order chi connectivity index (χ0) is 31.1. The SMILES string of the molecule is C/C1=N\C[C@H](Cc2ccc(N)cc2)/N=C(\C)c2cccc(n2)/C(C)=N/C[C@H](Cc2ccc(N)cc2)/N=C(\C)c2cccc1n2. The van der Waals surface area contributed by atoms with Gasteiger partial charge in [0.1, 0.15) is 0 Å². The minimum atomic E-state index is -0.0896. The first-order chi connectivity index (χ1) is 21.2. The topological polar surface area (TPSA) is 127 Å². The molecule has 0 fully saturated rings. The number of hydrogen-bond acceptors (Lipinski definition) is 8. The van der Waals surface area contributed by atoms with E-state index in [-0.39, 0.29) is 12.1 Å². The third-order valence-corrected chi connectivity index (χ3v) is 7.71. The molecule has 3 heterocycles. The first kappa shape index (κ1) is 30.5. The summed E-state index contributed by atoms with van der Waals surface area (Å²) in [7, 11) is 0. The first-order valence-electron chi connectivity index (χ1n) is 15.0. The Labute approximate surface area is 259 Å². The summed E-state index contributed by atoms with van der Waals surface area (Å²) in [6.07, 6.45) is 1.45. The van der Waals surface area contributed by atoms with Crippen molar-refractivity contribution in [2.24, 2.45) is 20.0 Å². The largest absolute Gasteiger partial charge is 0.399 e. The molecular formula is C36H40N8. The highest BCUT2D eigenvalue weighted by Gasteiger charge is 2.15. The fourth-order valence-corrected chi connectivity index (χ4v) is 5.16. The second kappa shape index (κ2) is 14.0. The van der Waals surface area contributed by atoms with Gasteiger partial charge in [-0.1, -0.05) is 36.4 Å². The lowest BCUT2D eigenvalue weighted by molar-refractivity contribution is 0.680. The van der Waals surface area contributed by atoms with Crippen LogP contribution < -0.4 is 11.5 Å². The molecule has 224 valence electrons. The smallest absolute Gasteiger partial charge is 0.0845 e. The summed E-state index contributed by atoms with van der Waals surface area (Å²) in [4.78, 5) is 30.1. The van der Waals surface area contributed by atoms with E-state index in [1.165, 1.54) is 0 Å². The molecule has 0 saturated carbocycles. The third-order valence-electron chi connectivity index (χ3n) is 7.71. The van der Waals surface area contributed by atoms with Gasteiger partial charge in [-0.05, 0) is 100 Å². The van der Waals surface area contributed by atoms with Crippen molar-refractivity contribution in [2.75, 3.05) is 24.6 Å². The van der Waals surface area contributed by atoms with Crippen molar-refractivity contribution in [3.8, 4) is 0 Å². The Morgan fingerprint density at radius 2 is 0.841 bits per heavy atom. The van der Waals surface area contributed by atoms with E-state index >= 15 is 0 Å². The van der Waals surface area contributed by atoms with Crippen LogP contribution in [0.4, 0.5) is 11.4 Å². The van der Waals surface area contributed by atoms with Crippen molar-refractivity contribution in [3.05, 3.63) is 119 Å². The van der Waals surface area contributed by atoms with Crippen LogP contribution in [-0.4, -0.2) is 58.0 Å². The fraction of sp³-hybridized carbons (Fsp3) is 0.278. The summed E-state index contributed by atoms with van der Waals surface area (Å²) in [6, 6.07) is 27.7. The molecule has 4 N–H and O–H groups in total. The van der Waals surface area contributed by atoms with Crippen LogP contribution >= 0.6 is 0 Å². The molecule has 1 aliphatic rings. The summed E-state index contributed by atoms with van der Waals surface area (Å²) >= 11 is 0. The van der Waals surface area contributed by atoms with Gasteiger partial charge in [-0.3, -0.25) is 20.0 Å².